The molecule has 0 amide bonds. The summed E-state index contributed by atoms with van der Waals surface area (Å²) in [6.07, 6.45) is 0. The van der Waals surface area contributed by atoms with E-state index < -0.39 is 0 Å². The minimum Gasteiger partial charge on any atom is -0.316 e. The van der Waals surface area contributed by atoms with Crippen molar-refractivity contribution in [2.75, 3.05) is 0 Å². The first-order valence-corrected chi connectivity index (χ1v) is 4.07. The summed E-state index contributed by atoms with van der Waals surface area (Å²) in [4.78, 5) is 1.20. The van der Waals surface area contributed by atoms with Gasteiger partial charge in [0.25, 0.3) is 0 Å². The summed E-state index contributed by atoms with van der Waals surface area (Å²) in [6.45, 7) is 3.97. The zero-order chi connectivity index (χ0) is 7.56. The molecule has 1 rings (SSSR count). The lowest BCUT2D eigenvalue weighted by molar-refractivity contribution is 0.134. The van der Waals surface area contributed by atoms with Crippen LogP contribution in [0.2, 0.25) is 0 Å². The van der Waals surface area contributed by atoms with Gasteiger partial charge in [0.1, 0.15) is 0 Å². The molecule has 1 heterocycles. The summed E-state index contributed by atoms with van der Waals surface area (Å²) in [6, 6.07) is 2.10. The van der Waals surface area contributed by atoms with E-state index in [1.807, 2.05) is 25.3 Å². The minimum atomic E-state index is 0.0556. The number of hydrogen-bond acceptors (Lipinski definition) is 3. The molecule has 2 N–H and O–H groups in total. The number of aryl methyl sites for hydroxylation is 1. The Labute approximate surface area is 64.5 Å². The zero-order valence-electron chi connectivity index (χ0n) is 6.09. The summed E-state index contributed by atoms with van der Waals surface area (Å²) in [5.41, 5.74) is 3.45. The highest BCUT2D eigenvalue weighted by Crippen LogP contribution is 2.22. The van der Waals surface area contributed by atoms with Crippen LogP contribution in [0.4, 0.5) is 0 Å². The van der Waals surface area contributed by atoms with Gasteiger partial charge in [0.15, 0.2) is 0 Å². The smallest absolute Gasteiger partial charge is 0.0636 e. The van der Waals surface area contributed by atoms with Crippen molar-refractivity contribution in [3.8, 4) is 0 Å². The van der Waals surface area contributed by atoms with E-state index in [4.69, 9.17) is 5.21 Å². The van der Waals surface area contributed by atoms with Crippen molar-refractivity contribution >= 4 is 11.3 Å². The molecule has 0 aromatic carbocycles. The average molecular weight is 157 g/mol. The van der Waals surface area contributed by atoms with Crippen molar-refractivity contribution in [2.45, 2.75) is 19.9 Å². The van der Waals surface area contributed by atoms with Crippen LogP contribution >= 0.6 is 11.3 Å². The van der Waals surface area contributed by atoms with Gasteiger partial charge in [-0.15, -0.1) is 11.3 Å². The fraction of sp³-hybridized carbons (Fsp3) is 0.429. The fourth-order valence-electron chi connectivity index (χ4n) is 0.887. The Morgan fingerprint density at radius 1 is 1.70 bits per heavy atom. The maximum absolute atomic E-state index is 8.59. The Kier molecular flexibility index (Phi) is 2.43. The second-order valence-electron chi connectivity index (χ2n) is 2.32. The lowest BCUT2D eigenvalue weighted by Crippen LogP contribution is -2.12. The third kappa shape index (κ3) is 1.37. The number of hydroxylamine groups is 1. The van der Waals surface area contributed by atoms with Crippen LogP contribution < -0.4 is 5.48 Å². The van der Waals surface area contributed by atoms with Gasteiger partial charge in [0.05, 0.1) is 6.04 Å². The molecule has 0 aliphatic carbocycles. The van der Waals surface area contributed by atoms with Gasteiger partial charge in [-0.3, -0.25) is 0 Å². The van der Waals surface area contributed by atoms with Crippen molar-refractivity contribution in [3.05, 3.63) is 21.9 Å². The molecule has 1 aromatic heterocycles. The van der Waals surface area contributed by atoms with Crippen LogP contribution in [-0.2, 0) is 0 Å². The third-order valence-electron chi connectivity index (χ3n) is 1.49. The van der Waals surface area contributed by atoms with Gasteiger partial charge >= 0.3 is 0 Å². The van der Waals surface area contributed by atoms with Crippen molar-refractivity contribution in [2.24, 2.45) is 0 Å². The molecule has 2 nitrogen and oxygen atoms in total. The van der Waals surface area contributed by atoms with Gasteiger partial charge in [-0.05, 0) is 30.9 Å². The summed E-state index contributed by atoms with van der Waals surface area (Å²) in [7, 11) is 0. The van der Waals surface area contributed by atoms with Crippen molar-refractivity contribution in [1.29, 1.82) is 0 Å². The van der Waals surface area contributed by atoms with Gasteiger partial charge in [0, 0.05) is 4.88 Å². The van der Waals surface area contributed by atoms with Gasteiger partial charge in [-0.2, -0.15) is 5.48 Å². The molecule has 1 atom stereocenters. The van der Waals surface area contributed by atoms with Crippen LogP contribution in [-0.4, -0.2) is 5.21 Å². The van der Waals surface area contributed by atoms with Gasteiger partial charge < -0.3 is 5.21 Å². The molecule has 0 bridgehead atoms. The summed E-state index contributed by atoms with van der Waals surface area (Å²) in [5.74, 6) is 0. The zero-order valence-corrected chi connectivity index (χ0v) is 6.90. The van der Waals surface area contributed by atoms with Crippen LogP contribution in [0.5, 0.6) is 0 Å². The summed E-state index contributed by atoms with van der Waals surface area (Å²) < 4.78 is 0. The van der Waals surface area contributed by atoms with E-state index in [9.17, 15) is 0 Å². The number of rotatable bonds is 2. The van der Waals surface area contributed by atoms with Gasteiger partial charge in [-0.25, -0.2) is 0 Å². The Hall–Kier alpha value is -0.380. The topological polar surface area (TPSA) is 32.3 Å². The highest BCUT2D eigenvalue weighted by atomic mass is 32.1. The lowest BCUT2D eigenvalue weighted by atomic mass is 10.2. The second-order valence-corrected chi connectivity index (χ2v) is 3.27. The van der Waals surface area contributed by atoms with E-state index in [0.717, 1.165) is 0 Å². The van der Waals surface area contributed by atoms with E-state index in [1.165, 1.54) is 10.4 Å². The fourth-order valence-corrected chi connectivity index (χ4v) is 1.82. The molecule has 0 radical (unpaired) electrons. The number of hydrogen-bond donors (Lipinski definition) is 2. The molecule has 0 spiro atoms. The first-order chi connectivity index (χ1) is 4.75. The predicted molar refractivity (Wildman–Crippen MR) is 42.4 cm³/mol. The Morgan fingerprint density at radius 3 is 2.80 bits per heavy atom. The van der Waals surface area contributed by atoms with E-state index in [1.54, 1.807) is 11.3 Å². The van der Waals surface area contributed by atoms with E-state index >= 15 is 0 Å². The monoisotopic (exact) mass is 157 g/mol. The van der Waals surface area contributed by atoms with Crippen molar-refractivity contribution in [1.82, 2.24) is 5.48 Å². The summed E-state index contributed by atoms with van der Waals surface area (Å²) in [5, 5.41) is 10.6. The van der Waals surface area contributed by atoms with Crippen molar-refractivity contribution < 1.29 is 5.21 Å². The normalized spacial score (nSPS) is 13.5. The molecular formula is C7H11NOS. The first kappa shape index (κ1) is 7.72. The number of nitrogens with one attached hydrogen (secondary N) is 1. The highest BCUT2D eigenvalue weighted by Gasteiger charge is 2.06. The van der Waals surface area contributed by atoms with E-state index in [2.05, 4.69) is 5.48 Å². The Morgan fingerprint density at radius 2 is 2.40 bits per heavy atom. The molecule has 0 saturated carbocycles. The van der Waals surface area contributed by atoms with Crippen LogP contribution in [0, 0.1) is 6.92 Å². The van der Waals surface area contributed by atoms with E-state index in [0.29, 0.717) is 0 Å². The average Bonchev–Trinajstić information content (AvgIpc) is 2.34. The SMILES string of the molecule is Cc1ccsc1C(C)NO. The minimum absolute atomic E-state index is 0.0556. The quantitative estimate of drug-likeness (QED) is 0.644. The van der Waals surface area contributed by atoms with Crippen LogP contribution in [0.25, 0.3) is 0 Å². The molecule has 1 aromatic rings. The molecule has 1 unspecified atom stereocenters. The first-order valence-electron chi connectivity index (χ1n) is 3.19. The van der Waals surface area contributed by atoms with Crippen molar-refractivity contribution in [3.63, 3.8) is 0 Å². The molecular weight excluding hydrogens is 146 g/mol. The predicted octanol–water partition coefficient (Wildman–Crippen LogP) is 2.10. The van der Waals surface area contributed by atoms with Crippen LogP contribution in [0.3, 0.4) is 0 Å². The molecule has 56 valence electrons. The van der Waals surface area contributed by atoms with E-state index in [-0.39, 0.29) is 6.04 Å². The Bertz CT molecular complexity index is 209. The van der Waals surface area contributed by atoms with Crippen LogP contribution in [0.15, 0.2) is 11.4 Å². The molecule has 0 aliphatic heterocycles. The largest absolute Gasteiger partial charge is 0.316 e. The molecule has 0 saturated heterocycles. The summed E-state index contributed by atoms with van der Waals surface area (Å²) >= 11 is 1.66. The molecule has 3 heteroatoms. The lowest BCUT2D eigenvalue weighted by Gasteiger charge is -2.06. The maximum atomic E-state index is 8.59. The highest BCUT2D eigenvalue weighted by molar-refractivity contribution is 7.10. The third-order valence-corrected chi connectivity index (χ3v) is 2.69. The van der Waals surface area contributed by atoms with Gasteiger partial charge in [0.2, 0.25) is 0 Å². The molecule has 0 aliphatic rings. The number of thiophene rings is 1. The second kappa shape index (κ2) is 3.14. The molecule has 0 fully saturated rings. The maximum Gasteiger partial charge on any atom is 0.0636 e. The van der Waals surface area contributed by atoms with Gasteiger partial charge in [-0.1, -0.05) is 0 Å². The molecule has 10 heavy (non-hydrogen) atoms. The standard InChI is InChI=1S/C7H11NOS/c1-5-3-4-10-7(5)6(2)8-9/h3-4,6,8-9H,1-2H3. The van der Waals surface area contributed by atoms with Crippen LogP contribution in [0.1, 0.15) is 23.4 Å². The Balaban J connectivity index is 2.82.